The lowest BCUT2D eigenvalue weighted by Crippen LogP contribution is -2.14. The molecular formula is C24H31NO3. The Morgan fingerprint density at radius 1 is 0.893 bits per heavy atom. The normalized spacial score (nSPS) is 11.2. The zero-order valence-electron chi connectivity index (χ0n) is 17.6. The van der Waals surface area contributed by atoms with Gasteiger partial charge in [-0.15, -0.1) is 0 Å². The number of hydrogen-bond donors (Lipinski definition) is 1. The molecule has 0 saturated heterocycles. The molecule has 28 heavy (non-hydrogen) atoms. The van der Waals surface area contributed by atoms with Gasteiger partial charge in [0, 0.05) is 5.39 Å². The van der Waals surface area contributed by atoms with Crippen molar-refractivity contribution in [3.8, 4) is 11.5 Å². The van der Waals surface area contributed by atoms with Crippen molar-refractivity contribution in [2.24, 2.45) is 0 Å². The number of allylic oxidation sites excluding steroid dienone is 4. The Bertz CT molecular complexity index is 940. The predicted molar refractivity (Wildman–Crippen MR) is 117 cm³/mol. The Hall–Kier alpha value is -2.75. The third kappa shape index (κ3) is 6.45. The molecule has 1 heterocycles. The minimum absolute atomic E-state index is 0.231. The molecule has 0 aliphatic carbocycles. The summed E-state index contributed by atoms with van der Waals surface area (Å²) < 4.78 is 11.8. The Kier molecular flexibility index (Phi) is 8.12. The van der Waals surface area contributed by atoms with E-state index in [1.807, 2.05) is 50.3 Å². The second-order valence-electron chi connectivity index (χ2n) is 7.43. The van der Waals surface area contributed by atoms with Crippen LogP contribution in [0.5, 0.6) is 11.5 Å². The molecule has 4 heteroatoms. The lowest BCUT2D eigenvalue weighted by atomic mass is 10.1. The second-order valence-corrected chi connectivity index (χ2v) is 7.43. The highest BCUT2D eigenvalue weighted by Gasteiger charge is 2.15. The van der Waals surface area contributed by atoms with E-state index >= 15 is 0 Å². The summed E-state index contributed by atoms with van der Waals surface area (Å²) in [6.07, 6.45) is 8.21. The molecule has 150 valence electrons. The Morgan fingerprint density at radius 3 is 2.25 bits per heavy atom. The molecule has 0 aliphatic rings. The molecule has 0 radical (unpaired) electrons. The molecule has 2 rings (SSSR count). The number of para-hydroxylation sites is 1. The van der Waals surface area contributed by atoms with E-state index in [-0.39, 0.29) is 11.3 Å². The van der Waals surface area contributed by atoms with E-state index in [1.165, 1.54) is 11.1 Å². The van der Waals surface area contributed by atoms with Gasteiger partial charge in [0.05, 0.1) is 5.52 Å². The number of nitrogens with one attached hydrogen (secondary N) is 1. The average molecular weight is 382 g/mol. The van der Waals surface area contributed by atoms with Crippen LogP contribution in [0.4, 0.5) is 0 Å². The second kappa shape index (κ2) is 10.5. The summed E-state index contributed by atoms with van der Waals surface area (Å²) in [7, 11) is 0. The van der Waals surface area contributed by atoms with E-state index in [2.05, 4.69) is 31.8 Å². The smallest absolute Gasteiger partial charge is 0.294 e. The minimum atomic E-state index is -0.276. The maximum absolute atomic E-state index is 12.6. The first-order chi connectivity index (χ1) is 13.4. The van der Waals surface area contributed by atoms with E-state index in [0.717, 1.165) is 29.3 Å². The van der Waals surface area contributed by atoms with E-state index in [1.54, 1.807) is 0 Å². The van der Waals surface area contributed by atoms with Gasteiger partial charge in [-0.25, -0.2) is 0 Å². The Morgan fingerprint density at radius 2 is 1.54 bits per heavy atom. The van der Waals surface area contributed by atoms with Crippen molar-refractivity contribution in [1.82, 2.24) is 4.98 Å². The number of H-pyrrole nitrogens is 1. The molecule has 0 bridgehead atoms. The first-order valence-electron chi connectivity index (χ1n) is 9.71. The minimum Gasteiger partial charge on any atom is -0.485 e. The summed E-state index contributed by atoms with van der Waals surface area (Å²) in [5, 5.41) is 0.837. The van der Waals surface area contributed by atoms with E-state index in [4.69, 9.17) is 9.47 Å². The van der Waals surface area contributed by atoms with Crippen LogP contribution in [0.3, 0.4) is 0 Å². The van der Waals surface area contributed by atoms with Gasteiger partial charge in [0.15, 0.2) is 5.75 Å². The summed E-state index contributed by atoms with van der Waals surface area (Å²) in [5.74, 6) is 0.724. The van der Waals surface area contributed by atoms with Crippen LogP contribution in [-0.4, -0.2) is 18.2 Å². The van der Waals surface area contributed by atoms with Crippen LogP contribution < -0.4 is 15.0 Å². The van der Waals surface area contributed by atoms with Gasteiger partial charge in [-0.2, -0.15) is 0 Å². The molecule has 1 N–H and O–H groups in total. The van der Waals surface area contributed by atoms with Gasteiger partial charge in [0.1, 0.15) is 13.2 Å². The molecule has 0 aliphatic heterocycles. The molecule has 0 saturated carbocycles. The zero-order chi connectivity index (χ0) is 20.5. The van der Waals surface area contributed by atoms with Gasteiger partial charge in [-0.3, -0.25) is 4.79 Å². The van der Waals surface area contributed by atoms with E-state index < -0.39 is 0 Å². The third-order valence-electron chi connectivity index (χ3n) is 4.30. The number of hydrogen-bond acceptors (Lipinski definition) is 3. The molecular weight excluding hydrogens is 350 g/mol. The third-order valence-corrected chi connectivity index (χ3v) is 4.30. The fraction of sp³-hybridized carbons (Fsp3) is 0.375. The molecule has 0 atom stereocenters. The summed E-state index contributed by atoms with van der Waals surface area (Å²) in [6, 6.07) is 7.60. The van der Waals surface area contributed by atoms with Gasteiger partial charge in [-0.1, -0.05) is 34.9 Å². The standard InChI is InChI=1S/C24H31NO3/c1-17(2)9-8-10-19(5)14-16-28-23-22(27-15-13-18(3)4)20-11-6-7-12-21(20)25-24(23)26/h6-7,9,11-14H,8,10,15-16H2,1-5H3,(H,25,26)/b19-14+. The number of aromatic amines is 1. The largest absolute Gasteiger partial charge is 0.485 e. The Labute approximate surface area is 167 Å². The van der Waals surface area contributed by atoms with Crippen LogP contribution in [0, 0.1) is 0 Å². The predicted octanol–water partition coefficient (Wildman–Crippen LogP) is 5.94. The van der Waals surface area contributed by atoms with Crippen LogP contribution in [0.15, 0.2) is 64.0 Å². The first kappa shape index (κ1) is 21.5. The summed E-state index contributed by atoms with van der Waals surface area (Å²) >= 11 is 0. The average Bonchev–Trinajstić information content (AvgIpc) is 2.63. The molecule has 2 aromatic rings. The van der Waals surface area contributed by atoms with Crippen LogP contribution in [0.25, 0.3) is 10.9 Å². The van der Waals surface area contributed by atoms with Crippen molar-refractivity contribution in [2.75, 3.05) is 13.2 Å². The van der Waals surface area contributed by atoms with Crippen molar-refractivity contribution >= 4 is 10.9 Å². The number of aromatic nitrogens is 1. The molecule has 1 aromatic heterocycles. The SMILES string of the molecule is CC(C)=CCC/C(C)=C/COc1c(OCC=C(C)C)c2ccccc2[nH]c1=O. The molecule has 1 aromatic carbocycles. The highest BCUT2D eigenvalue weighted by atomic mass is 16.5. The van der Waals surface area contributed by atoms with E-state index in [9.17, 15) is 4.79 Å². The van der Waals surface area contributed by atoms with Gasteiger partial charge < -0.3 is 14.5 Å². The molecule has 0 amide bonds. The zero-order valence-corrected chi connectivity index (χ0v) is 17.6. The summed E-state index contributed by atoms with van der Waals surface area (Å²) in [5.41, 5.74) is 4.18. The van der Waals surface area contributed by atoms with Crippen molar-refractivity contribution in [2.45, 2.75) is 47.5 Å². The maximum Gasteiger partial charge on any atom is 0.294 e. The van der Waals surface area contributed by atoms with Crippen molar-refractivity contribution in [3.63, 3.8) is 0 Å². The van der Waals surface area contributed by atoms with Crippen molar-refractivity contribution < 1.29 is 9.47 Å². The monoisotopic (exact) mass is 381 g/mol. The van der Waals surface area contributed by atoms with Gasteiger partial charge in [0.2, 0.25) is 5.75 Å². The molecule has 4 nitrogen and oxygen atoms in total. The number of fused-ring (bicyclic) bond motifs is 1. The van der Waals surface area contributed by atoms with Crippen LogP contribution in [-0.2, 0) is 0 Å². The molecule has 0 unspecified atom stereocenters. The van der Waals surface area contributed by atoms with Crippen LogP contribution in [0.2, 0.25) is 0 Å². The topological polar surface area (TPSA) is 51.3 Å². The fourth-order valence-corrected chi connectivity index (χ4v) is 2.72. The molecule has 0 spiro atoms. The first-order valence-corrected chi connectivity index (χ1v) is 9.71. The summed E-state index contributed by atoms with van der Waals surface area (Å²) in [4.78, 5) is 15.4. The summed E-state index contributed by atoms with van der Waals surface area (Å²) in [6.45, 7) is 11.0. The van der Waals surface area contributed by atoms with Crippen molar-refractivity contribution in [1.29, 1.82) is 0 Å². The van der Waals surface area contributed by atoms with E-state index in [0.29, 0.717) is 19.0 Å². The highest BCUT2D eigenvalue weighted by molar-refractivity contribution is 5.87. The van der Waals surface area contributed by atoms with Crippen LogP contribution >= 0.6 is 0 Å². The number of benzene rings is 1. The lowest BCUT2D eigenvalue weighted by Gasteiger charge is -2.13. The quantitative estimate of drug-likeness (QED) is 0.547. The van der Waals surface area contributed by atoms with Crippen molar-refractivity contribution in [3.05, 3.63) is 69.6 Å². The number of ether oxygens (including phenoxy) is 2. The number of pyridine rings is 1. The number of rotatable bonds is 9. The van der Waals surface area contributed by atoms with Gasteiger partial charge >= 0.3 is 0 Å². The lowest BCUT2D eigenvalue weighted by molar-refractivity contribution is 0.306. The van der Waals surface area contributed by atoms with Crippen LogP contribution in [0.1, 0.15) is 47.5 Å². The van der Waals surface area contributed by atoms with Gasteiger partial charge in [0.25, 0.3) is 5.56 Å². The van der Waals surface area contributed by atoms with Gasteiger partial charge in [-0.05, 0) is 71.7 Å². The molecule has 0 fully saturated rings. The fourth-order valence-electron chi connectivity index (χ4n) is 2.72. The maximum atomic E-state index is 12.6. The highest BCUT2D eigenvalue weighted by Crippen LogP contribution is 2.31. The Balaban J connectivity index is 2.22.